The van der Waals surface area contributed by atoms with E-state index in [0.717, 1.165) is 12.1 Å². The van der Waals surface area contributed by atoms with Crippen molar-refractivity contribution in [3.05, 3.63) is 36.4 Å². The number of anilines is 2. The summed E-state index contributed by atoms with van der Waals surface area (Å²) in [4.78, 5) is -0.471. The van der Waals surface area contributed by atoms with Crippen LogP contribution in [0.3, 0.4) is 0 Å². The number of halogens is 1. The maximum absolute atomic E-state index is 13.7. The number of sulfonamides is 1. The van der Waals surface area contributed by atoms with Crippen molar-refractivity contribution in [2.45, 2.75) is 11.4 Å². The molecule has 7 nitrogen and oxygen atoms in total. The number of rotatable bonds is 6. The Morgan fingerprint density at radius 2 is 2.24 bits per heavy atom. The highest BCUT2D eigenvalue weighted by Crippen LogP contribution is 2.20. The molecule has 0 aliphatic rings. The standard InChI is InChI=1S/C12H15FN4O3S/c1-20-5-4-17-8-10(7-15-17)16-21(18,19)12-3-2-9(14)6-11(12)13/h2-3,6-8,16H,4-5,14H2,1H3. The Morgan fingerprint density at radius 3 is 2.90 bits per heavy atom. The lowest BCUT2D eigenvalue weighted by Gasteiger charge is -2.07. The van der Waals surface area contributed by atoms with Gasteiger partial charge in [-0.2, -0.15) is 5.10 Å². The van der Waals surface area contributed by atoms with Crippen LogP contribution in [-0.4, -0.2) is 31.9 Å². The molecule has 1 aromatic heterocycles. The Bertz CT molecular complexity index is 730. The van der Waals surface area contributed by atoms with Gasteiger partial charge in [-0.05, 0) is 18.2 Å². The van der Waals surface area contributed by atoms with Crippen LogP contribution in [0.5, 0.6) is 0 Å². The lowest BCUT2D eigenvalue weighted by atomic mass is 10.3. The van der Waals surface area contributed by atoms with Crippen molar-refractivity contribution in [1.82, 2.24) is 9.78 Å². The number of methoxy groups -OCH3 is 1. The van der Waals surface area contributed by atoms with Crippen molar-refractivity contribution in [3.63, 3.8) is 0 Å². The average Bonchev–Trinajstić information content (AvgIpc) is 2.82. The van der Waals surface area contributed by atoms with Gasteiger partial charge in [0, 0.05) is 19.0 Å². The molecule has 0 atom stereocenters. The summed E-state index contributed by atoms with van der Waals surface area (Å²) in [7, 11) is -2.48. The summed E-state index contributed by atoms with van der Waals surface area (Å²) in [6, 6.07) is 3.39. The highest BCUT2D eigenvalue weighted by Gasteiger charge is 2.19. The normalized spacial score (nSPS) is 11.5. The molecule has 0 saturated heterocycles. The average molecular weight is 314 g/mol. The number of ether oxygens (including phenoxy) is 1. The first kappa shape index (κ1) is 15.3. The number of nitrogens with two attached hydrogens (primary N) is 1. The van der Waals surface area contributed by atoms with Gasteiger partial charge in [-0.3, -0.25) is 9.40 Å². The SMILES string of the molecule is COCCn1cc(NS(=O)(=O)c2ccc(N)cc2F)cn1. The molecule has 0 unspecified atom stereocenters. The van der Waals surface area contributed by atoms with Crippen molar-refractivity contribution in [2.24, 2.45) is 0 Å². The zero-order valence-corrected chi connectivity index (χ0v) is 12.1. The van der Waals surface area contributed by atoms with E-state index in [4.69, 9.17) is 10.5 Å². The molecule has 2 aromatic rings. The van der Waals surface area contributed by atoms with E-state index in [9.17, 15) is 12.8 Å². The van der Waals surface area contributed by atoms with E-state index in [1.165, 1.54) is 23.1 Å². The van der Waals surface area contributed by atoms with E-state index in [0.29, 0.717) is 13.2 Å². The summed E-state index contributed by atoms with van der Waals surface area (Å²) in [5, 5.41) is 3.96. The summed E-state index contributed by atoms with van der Waals surface area (Å²) < 4.78 is 46.6. The Kier molecular flexibility index (Phi) is 4.43. The minimum Gasteiger partial charge on any atom is -0.399 e. The van der Waals surface area contributed by atoms with Gasteiger partial charge in [-0.15, -0.1) is 0 Å². The zero-order chi connectivity index (χ0) is 15.5. The van der Waals surface area contributed by atoms with Gasteiger partial charge in [0.15, 0.2) is 0 Å². The van der Waals surface area contributed by atoms with Crippen molar-refractivity contribution in [2.75, 3.05) is 24.2 Å². The predicted octanol–water partition coefficient (Wildman–Crippen LogP) is 1.05. The second kappa shape index (κ2) is 6.10. The van der Waals surface area contributed by atoms with Crippen molar-refractivity contribution >= 4 is 21.4 Å². The van der Waals surface area contributed by atoms with Gasteiger partial charge in [0.05, 0.1) is 25.0 Å². The maximum Gasteiger partial charge on any atom is 0.264 e. The second-order valence-corrected chi connectivity index (χ2v) is 5.93. The molecule has 0 aliphatic heterocycles. The maximum atomic E-state index is 13.7. The molecule has 0 amide bonds. The second-order valence-electron chi connectivity index (χ2n) is 4.28. The van der Waals surface area contributed by atoms with E-state index >= 15 is 0 Å². The third kappa shape index (κ3) is 3.70. The molecule has 0 fully saturated rings. The quantitative estimate of drug-likeness (QED) is 0.777. The molecule has 0 spiro atoms. The summed E-state index contributed by atoms with van der Waals surface area (Å²) in [5.74, 6) is -0.908. The van der Waals surface area contributed by atoms with Crippen molar-refractivity contribution in [1.29, 1.82) is 0 Å². The molecule has 2 rings (SSSR count). The van der Waals surface area contributed by atoms with Gasteiger partial charge in [0.1, 0.15) is 10.7 Å². The fourth-order valence-corrected chi connectivity index (χ4v) is 2.76. The van der Waals surface area contributed by atoms with Crippen LogP contribution in [0.15, 0.2) is 35.5 Å². The highest BCUT2D eigenvalue weighted by molar-refractivity contribution is 7.92. The monoisotopic (exact) mass is 314 g/mol. The van der Waals surface area contributed by atoms with Crippen LogP contribution in [0, 0.1) is 5.82 Å². The minimum atomic E-state index is -4.03. The van der Waals surface area contributed by atoms with Gasteiger partial charge < -0.3 is 10.5 Å². The van der Waals surface area contributed by atoms with Gasteiger partial charge in [-0.25, -0.2) is 12.8 Å². The Morgan fingerprint density at radius 1 is 1.48 bits per heavy atom. The van der Waals surface area contributed by atoms with Crippen LogP contribution in [0.2, 0.25) is 0 Å². The number of hydrogen-bond acceptors (Lipinski definition) is 5. The molecular weight excluding hydrogens is 299 g/mol. The molecule has 0 bridgehead atoms. The van der Waals surface area contributed by atoms with E-state index in [-0.39, 0.29) is 11.4 Å². The topological polar surface area (TPSA) is 99.2 Å². The summed E-state index contributed by atoms with van der Waals surface area (Å²) >= 11 is 0. The predicted molar refractivity (Wildman–Crippen MR) is 75.7 cm³/mol. The summed E-state index contributed by atoms with van der Waals surface area (Å²) in [6.45, 7) is 0.926. The number of aromatic nitrogens is 2. The first-order valence-corrected chi connectivity index (χ1v) is 7.50. The zero-order valence-electron chi connectivity index (χ0n) is 11.3. The number of benzene rings is 1. The molecule has 114 valence electrons. The van der Waals surface area contributed by atoms with Crippen molar-refractivity contribution in [3.8, 4) is 0 Å². The Hall–Kier alpha value is -2.13. The van der Waals surface area contributed by atoms with Crippen LogP contribution in [-0.2, 0) is 21.3 Å². The summed E-state index contributed by atoms with van der Waals surface area (Å²) in [5.41, 5.74) is 5.78. The molecule has 9 heteroatoms. The fraction of sp³-hybridized carbons (Fsp3) is 0.250. The number of nitrogen functional groups attached to an aromatic ring is 1. The third-order valence-corrected chi connectivity index (χ3v) is 4.07. The molecule has 1 heterocycles. The molecule has 0 radical (unpaired) electrons. The molecular formula is C12H15FN4O3S. The van der Waals surface area contributed by atoms with Gasteiger partial charge in [0.2, 0.25) is 0 Å². The largest absolute Gasteiger partial charge is 0.399 e. The smallest absolute Gasteiger partial charge is 0.264 e. The molecule has 0 aliphatic carbocycles. The van der Waals surface area contributed by atoms with E-state index in [1.54, 1.807) is 7.11 Å². The van der Waals surface area contributed by atoms with Crippen LogP contribution in [0.25, 0.3) is 0 Å². The van der Waals surface area contributed by atoms with Crippen LogP contribution in [0.4, 0.5) is 15.8 Å². The van der Waals surface area contributed by atoms with E-state index in [2.05, 4.69) is 9.82 Å². The van der Waals surface area contributed by atoms with Crippen LogP contribution >= 0.6 is 0 Å². The summed E-state index contributed by atoms with van der Waals surface area (Å²) in [6.07, 6.45) is 2.83. The molecule has 1 aromatic carbocycles. The third-order valence-electron chi connectivity index (χ3n) is 2.66. The number of nitrogens with zero attached hydrogens (tertiary/aromatic N) is 2. The van der Waals surface area contributed by atoms with Crippen LogP contribution < -0.4 is 10.5 Å². The Labute approximate surface area is 121 Å². The lowest BCUT2D eigenvalue weighted by molar-refractivity contribution is 0.183. The first-order valence-electron chi connectivity index (χ1n) is 6.01. The number of hydrogen-bond donors (Lipinski definition) is 2. The van der Waals surface area contributed by atoms with E-state index in [1.807, 2.05) is 0 Å². The Balaban J connectivity index is 2.19. The fourth-order valence-electron chi connectivity index (χ4n) is 1.67. The van der Waals surface area contributed by atoms with Gasteiger partial charge >= 0.3 is 0 Å². The van der Waals surface area contributed by atoms with Gasteiger partial charge in [0.25, 0.3) is 10.0 Å². The van der Waals surface area contributed by atoms with Crippen LogP contribution in [0.1, 0.15) is 0 Å². The lowest BCUT2D eigenvalue weighted by Crippen LogP contribution is -2.14. The highest BCUT2D eigenvalue weighted by atomic mass is 32.2. The molecule has 21 heavy (non-hydrogen) atoms. The molecule has 0 saturated carbocycles. The van der Waals surface area contributed by atoms with E-state index < -0.39 is 20.7 Å². The van der Waals surface area contributed by atoms with Crippen molar-refractivity contribution < 1.29 is 17.5 Å². The molecule has 3 N–H and O–H groups in total. The van der Waals surface area contributed by atoms with Gasteiger partial charge in [-0.1, -0.05) is 0 Å². The number of nitrogens with one attached hydrogen (secondary N) is 1. The minimum absolute atomic E-state index is 0.152. The first-order chi connectivity index (χ1) is 9.92.